The first-order chi connectivity index (χ1) is 14.2. The summed E-state index contributed by atoms with van der Waals surface area (Å²) in [6, 6.07) is 20.1. The number of hydrogen-bond acceptors (Lipinski definition) is 4. The fourth-order valence-electron chi connectivity index (χ4n) is 3.70. The van der Waals surface area contributed by atoms with Crippen molar-refractivity contribution in [3.8, 4) is 5.69 Å². The second kappa shape index (κ2) is 9.15. The molecule has 1 aliphatic rings. The molecular weight excluding hydrogens is 382 g/mol. The second-order valence-electron chi connectivity index (χ2n) is 7.34. The molecule has 1 saturated heterocycles. The van der Waals surface area contributed by atoms with Gasteiger partial charge in [-0.3, -0.25) is 9.69 Å². The molecule has 0 radical (unpaired) electrons. The summed E-state index contributed by atoms with van der Waals surface area (Å²) >= 11 is 5.43. The Balaban J connectivity index is 1.32. The average Bonchev–Trinajstić information content (AvgIpc) is 3.14. The van der Waals surface area contributed by atoms with E-state index in [1.807, 2.05) is 70.0 Å². The van der Waals surface area contributed by atoms with Crippen LogP contribution in [0.5, 0.6) is 0 Å². The fourth-order valence-corrected chi connectivity index (χ4v) is 3.89. The van der Waals surface area contributed by atoms with E-state index in [9.17, 15) is 4.79 Å². The van der Waals surface area contributed by atoms with Gasteiger partial charge in [0.2, 0.25) is 10.7 Å². The van der Waals surface area contributed by atoms with E-state index in [1.165, 1.54) is 0 Å². The van der Waals surface area contributed by atoms with Crippen LogP contribution in [0.1, 0.15) is 18.4 Å². The molecule has 29 heavy (non-hydrogen) atoms. The molecule has 0 bridgehead atoms. The highest BCUT2D eigenvalue weighted by atomic mass is 32.1. The summed E-state index contributed by atoms with van der Waals surface area (Å²) < 4.78 is 4.55. The Kier molecular flexibility index (Phi) is 6.17. The molecule has 1 N–H and O–H groups in total. The fraction of sp³-hybridized carbons (Fsp3) is 0.318. The molecule has 0 atom stereocenters. The number of rotatable bonds is 6. The van der Waals surface area contributed by atoms with Crippen molar-refractivity contribution in [1.82, 2.24) is 24.6 Å². The van der Waals surface area contributed by atoms with E-state index in [0.29, 0.717) is 18.0 Å². The summed E-state index contributed by atoms with van der Waals surface area (Å²) in [5, 5.41) is 3.08. The van der Waals surface area contributed by atoms with E-state index in [1.54, 1.807) is 6.33 Å². The van der Waals surface area contributed by atoms with Crippen molar-refractivity contribution in [1.29, 1.82) is 0 Å². The van der Waals surface area contributed by atoms with Crippen LogP contribution in [-0.2, 0) is 18.0 Å². The molecule has 150 valence electrons. The number of aromatic nitrogens is 3. The van der Waals surface area contributed by atoms with Gasteiger partial charge in [-0.1, -0.05) is 48.5 Å². The van der Waals surface area contributed by atoms with Crippen LogP contribution in [0.15, 0.2) is 67.0 Å². The molecule has 0 saturated carbocycles. The molecule has 4 rings (SSSR count). The van der Waals surface area contributed by atoms with Crippen molar-refractivity contribution in [2.45, 2.75) is 26.1 Å². The number of carbonyl (C=O) groups is 1. The highest BCUT2D eigenvalue weighted by Gasteiger charge is 2.25. The molecule has 1 amide bonds. The lowest BCUT2D eigenvalue weighted by atomic mass is 9.96. The molecule has 7 heteroatoms. The van der Waals surface area contributed by atoms with Gasteiger partial charge in [-0.2, -0.15) is 0 Å². The number of carbonyl (C=O) groups excluding carboxylic acids is 1. The number of nitrogens with zero attached hydrogens (tertiary/aromatic N) is 4. The van der Waals surface area contributed by atoms with Crippen LogP contribution in [0.3, 0.4) is 0 Å². The lowest BCUT2D eigenvalue weighted by Crippen LogP contribution is -2.41. The molecule has 1 aliphatic heterocycles. The minimum atomic E-state index is 0.0713. The Labute approximate surface area is 175 Å². The van der Waals surface area contributed by atoms with Gasteiger partial charge in [0.25, 0.3) is 0 Å². The maximum absolute atomic E-state index is 12.5. The van der Waals surface area contributed by atoms with Crippen molar-refractivity contribution in [3.05, 3.63) is 77.3 Å². The van der Waals surface area contributed by atoms with Gasteiger partial charge in [-0.15, -0.1) is 0 Å². The summed E-state index contributed by atoms with van der Waals surface area (Å²) in [4.78, 5) is 19.2. The summed E-state index contributed by atoms with van der Waals surface area (Å²) in [6.07, 6.45) is 3.47. The summed E-state index contributed by atoms with van der Waals surface area (Å²) in [5.74, 6) is 0.224. The third kappa shape index (κ3) is 4.81. The van der Waals surface area contributed by atoms with Crippen LogP contribution < -0.4 is 5.32 Å². The second-order valence-corrected chi connectivity index (χ2v) is 7.71. The number of hydrogen-bond donors (Lipinski definition) is 1. The average molecular weight is 408 g/mol. The van der Waals surface area contributed by atoms with Crippen LogP contribution in [0, 0.1) is 10.7 Å². The standard InChI is InChI=1S/C22H25N5OS/c28-21(23-15-18-7-3-1-4-8-18)19-11-13-25(14-12-19)17-27-22(29)24-16-26(27)20-9-5-2-6-10-20/h1-10,16,19H,11-15,17H2,(H,23,28). The minimum absolute atomic E-state index is 0.0713. The van der Waals surface area contributed by atoms with Crippen LogP contribution >= 0.6 is 12.2 Å². The lowest BCUT2D eigenvalue weighted by molar-refractivity contribution is -0.126. The largest absolute Gasteiger partial charge is 0.352 e. The quantitative estimate of drug-likeness (QED) is 0.637. The van der Waals surface area contributed by atoms with Gasteiger partial charge >= 0.3 is 0 Å². The highest BCUT2D eigenvalue weighted by Crippen LogP contribution is 2.19. The van der Waals surface area contributed by atoms with E-state index in [0.717, 1.165) is 37.2 Å². The predicted molar refractivity (Wildman–Crippen MR) is 115 cm³/mol. The number of benzene rings is 2. The first kappa shape index (κ1) is 19.5. The van der Waals surface area contributed by atoms with Gasteiger partial charge in [-0.25, -0.2) is 14.3 Å². The normalized spacial score (nSPS) is 15.3. The number of likely N-dealkylation sites (tertiary alicyclic amines) is 1. The molecule has 0 spiro atoms. The minimum Gasteiger partial charge on any atom is -0.352 e. The van der Waals surface area contributed by atoms with E-state index < -0.39 is 0 Å². The van der Waals surface area contributed by atoms with E-state index in [4.69, 9.17) is 12.2 Å². The molecule has 2 heterocycles. The van der Waals surface area contributed by atoms with Gasteiger partial charge in [0.05, 0.1) is 12.4 Å². The molecule has 3 aromatic rings. The van der Waals surface area contributed by atoms with Crippen LogP contribution in [0.2, 0.25) is 0 Å². The van der Waals surface area contributed by atoms with Crippen molar-refractivity contribution >= 4 is 18.1 Å². The maximum atomic E-state index is 12.5. The first-order valence-corrected chi connectivity index (χ1v) is 10.4. The van der Waals surface area contributed by atoms with Gasteiger partial charge < -0.3 is 5.32 Å². The smallest absolute Gasteiger partial charge is 0.223 e. The molecule has 1 aromatic heterocycles. The lowest BCUT2D eigenvalue weighted by Gasteiger charge is -2.31. The Bertz CT molecular complexity index is 991. The molecule has 6 nitrogen and oxygen atoms in total. The van der Waals surface area contributed by atoms with Crippen molar-refractivity contribution in [2.75, 3.05) is 13.1 Å². The zero-order valence-corrected chi connectivity index (χ0v) is 17.1. The molecule has 0 aliphatic carbocycles. The maximum Gasteiger partial charge on any atom is 0.223 e. The Hall–Kier alpha value is -2.77. The zero-order chi connectivity index (χ0) is 20.1. The molecule has 2 aromatic carbocycles. The summed E-state index contributed by atoms with van der Waals surface area (Å²) in [5.41, 5.74) is 2.16. The van der Waals surface area contributed by atoms with Crippen molar-refractivity contribution in [3.63, 3.8) is 0 Å². The number of amides is 1. The molecule has 0 unspecified atom stereocenters. The third-order valence-electron chi connectivity index (χ3n) is 5.38. The van der Waals surface area contributed by atoms with Crippen LogP contribution in [0.4, 0.5) is 0 Å². The Morgan fingerprint density at radius 1 is 1.03 bits per heavy atom. The van der Waals surface area contributed by atoms with E-state index in [2.05, 4.69) is 15.2 Å². The Morgan fingerprint density at radius 2 is 1.69 bits per heavy atom. The third-order valence-corrected chi connectivity index (χ3v) is 5.70. The number of nitrogens with one attached hydrogen (secondary N) is 1. The van der Waals surface area contributed by atoms with Crippen molar-refractivity contribution in [2.24, 2.45) is 5.92 Å². The highest BCUT2D eigenvalue weighted by molar-refractivity contribution is 7.71. The van der Waals surface area contributed by atoms with E-state index in [-0.39, 0.29) is 11.8 Å². The molecular formula is C22H25N5OS. The van der Waals surface area contributed by atoms with Crippen molar-refractivity contribution < 1.29 is 4.79 Å². The van der Waals surface area contributed by atoms with Gasteiger partial charge in [0.1, 0.15) is 6.33 Å². The zero-order valence-electron chi connectivity index (χ0n) is 16.3. The van der Waals surface area contributed by atoms with Gasteiger partial charge in [0, 0.05) is 25.6 Å². The Morgan fingerprint density at radius 3 is 2.38 bits per heavy atom. The summed E-state index contributed by atoms with van der Waals surface area (Å²) in [6.45, 7) is 2.99. The molecule has 1 fully saturated rings. The van der Waals surface area contributed by atoms with Gasteiger partial charge in [-0.05, 0) is 42.8 Å². The SMILES string of the molecule is O=C(NCc1ccccc1)C1CCN(Cn2c(=S)ncn2-c2ccccc2)CC1. The monoisotopic (exact) mass is 407 g/mol. The summed E-state index contributed by atoms with van der Waals surface area (Å²) in [7, 11) is 0. The topological polar surface area (TPSA) is 55.1 Å². The predicted octanol–water partition coefficient (Wildman–Crippen LogP) is 3.39. The van der Waals surface area contributed by atoms with Crippen LogP contribution in [-0.4, -0.2) is 38.2 Å². The number of piperidine rings is 1. The van der Waals surface area contributed by atoms with Crippen LogP contribution in [0.25, 0.3) is 5.69 Å². The van der Waals surface area contributed by atoms with E-state index >= 15 is 0 Å². The van der Waals surface area contributed by atoms with Gasteiger partial charge in [0.15, 0.2) is 0 Å². The number of para-hydroxylation sites is 1. The first-order valence-electron chi connectivity index (χ1n) is 9.94.